The maximum absolute atomic E-state index is 12.8. The predicted octanol–water partition coefficient (Wildman–Crippen LogP) is 3.55. The normalized spacial score (nSPS) is 23.2. The molecule has 1 atom stereocenters. The molecule has 3 N–H and O–H groups in total. The fraction of sp³-hybridized carbons (Fsp3) is 0.227. The average molecular weight is 341 g/mol. The first-order valence-corrected chi connectivity index (χ1v) is 9.13. The van der Waals surface area contributed by atoms with Gasteiger partial charge in [-0.1, -0.05) is 23.3 Å². The number of rotatable bonds is 0. The van der Waals surface area contributed by atoms with Gasteiger partial charge >= 0.3 is 0 Å². The fourth-order valence-corrected chi connectivity index (χ4v) is 4.90. The van der Waals surface area contributed by atoms with Gasteiger partial charge in [0.1, 0.15) is 0 Å². The largest absolute Gasteiger partial charge is 0.373 e. The minimum absolute atomic E-state index is 0.0286. The number of hydrogen-bond donors (Lipinski definition) is 3. The summed E-state index contributed by atoms with van der Waals surface area (Å²) in [5.74, 6) is 0.0652. The average Bonchev–Trinajstić information content (AvgIpc) is 3.27. The highest BCUT2D eigenvalue weighted by Gasteiger charge is 2.44. The van der Waals surface area contributed by atoms with E-state index in [0.717, 1.165) is 28.8 Å². The Balaban J connectivity index is 1.71. The number of H-pyrrole nitrogens is 1. The summed E-state index contributed by atoms with van der Waals surface area (Å²) in [6, 6.07) is 6.53. The smallest absolute Gasteiger partial charge is 0.252 e. The third kappa shape index (κ3) is 1.62. The number of aromatic nitrogens is 1. The van der Waals surface area contributed by atoms with E-state index in [4.69, 9.17) is 0 Å². The minimum atomic E-state index is 0.0286. The highest BCUT2D eigenvalue weighted by atomic mass is 16.1. The summed E-state index contributed by atoms with van der Waals surface area (Å²) in [5.41, 5.74) is 11.8. The second kappa shape index (κ2) is 4.58. The molecule has 4 nitrogen and oxygen atoms in total. The molecule has 3 heterocycles. The first kappa shape index (κ1) is 14.2. The maximum Gasteiger partial charge on any atom is 0.252 e. The van der Waals surface area contributed by atoms with Crippen LogP contribution in [0.1, 0.15) is 36.2 Å². The van der Waals surface area contributed by atoms with Gasteiger partial charge in [-0.05, 0) is 55.2 Å². The van der Waals surface area contributed by atoms with E-state index >= 15 is 0 Å². The Bertz CT molecular complexity index is 1170. The van der Waals surface area contributed by atoms with Crippen molar-refractivity contribution in [3.63, 3.8) is 0 Å². The monoisotopic (exact) mass is 341 g/mol. The second-order valence-corrected chi connectivity index (χ2v) is 7.74. The second-order valence-electron chi connectivity index (χ2n) is 7.74. The Morgan fingerprint density at radius 2 is 2.00 bits per heavy atom. The SMILES string of the molecule is CC1=CC=C2NC3C(=C2C1)C1=C(CNC1=O)c1c3[nH]c2ccc(C)cc12. The Kier molecular flexibility index (Phi) is 2.50. The lowest BCUT2D eigenvalue weighted by Gasteiger charge is -2.23. The summed E-state index contributed by atoms with van der Waals surface area (Å²) in [6.45, 7) is 4.88. The molecule has 128 valence electrons. The van der Waals surface area contributed by atoms with Gasteiger partial charge in [0.15, 0.2) is 0 Å². The van der Waals surface area contributed by atoms with E-state index in [1.807, 2.05) is 0 Å². The lowest BCUT2D eigenvalue weighted by Crippen LogP contribution is -2.23. The van der Waals surface area contributed by atoms with Crippen molar-refractivity contribution in [2.75, 3.05) is 6.54 Å². The van der Waals surface area contributed by atoms with Crippen molar-refractivity contribution in [2.24, 2.45) is 0 Å². The van der Waals surface area contributed by atoms with Crippen molar-refractivity contribution >= 4 is 22.4 Å². The van der Waals surface area contributed by atoms with Crippen molar-refractivity contribution in [3.05, 3.63) is 75.2 Å². The molecule has 4 aliphatic rings. The third-order valence-corrected chi connectivity index (χ3v) is 6.03. The first-order valence-electron chi connectivity index (χ1n) is 9.13. The molecule has 6 rings (SSSR count). The van der Waals surface area contributed by atoms with E-state index in [9.17, 15) is 4.79 Å². The number of nitrogens with one attached hydrogen (secondary N) is 3. The van der Waals surface area contributed by atoms with Gasteiger partial charge in [0, 0.05) is 28.7 Å². The van der Waals surface area contributed by atoms with Gasteiger partial charge in [-0.3, -0.25) is 4.79 Å². The van der Waals surface area contributed by atoms with Gasteiger partial charge in [-0.15, -0.1) is 0 Å². The number of aromatic amines is 1. The van der Waals surface area contributed by atoms with E-state index in [1.54, 1.807) is 0 Å². The topological polar surface area (TPSA) is 56.9 Å². The summed E-state index contributed by atoms with van der Waals surface area (Å²) in [6.07, 6.45) is 5.23. The molecule has 1 unspecified atom stereocenters. The van der Waals surface area contributed by atoms with Crippen molar-refractivity contribution in [1.82, 2.24) is 15.6 Å². The Morgan fingerprint density at radius 1 is 1.12 bits per heavy atom. The number of aryl methyl sites for hydroxylation is 1. The van der Waals surface area contributed by atoms with Crippen LogP contribution in [0.15, 0.2) is 58.3 Å². The molecule has 1 aromatic carbocycles. The van der Waals surface area contributed by atoms with E-state index < -0.39 is 0 Å². The van der Waals surface area contributed by atoms with Crippen LogP contribution >= 0.6 is 0 Å². The highest BCUT2D eigenvalue weighted by molar-refractivity contribution is 6.15. The molecule has 2 aliphatic carbocycles. The Labute approximate surface area is 151 Å². The third-order valence-electron chi connectivity index (χ3n) is 6.03. The number of allylic oxidation sites excluding steroid dienone is 4. The summed E-state index contributed by atoms with van der Waals surface area (Å²) >= 11 is 0. The molecule has 1 aromatic heterocycles. The van der Waals surface area contributed by atoms with Crippen molar-refractivity contribution < 1.29 is 4.79 Å². The van der Waals surface area contributed by atoms with Crippen LogP contribution in [0.3, 0.4) is 0 Å². The first-order chi connectivity index (χ1) is 12.6. The molecular weight excluding hydrogens is 322 g/mol. The zero-order valence-electron chi connectivity index (χ0n) is 14.8. The number of carbonyl (C=O) groups excluding carboxylic acids is 1. The molecule has 0 radical (unpaired) electrons. The van der Waals surface area contributed by atoms with E-state index in [1.165, 1.54) is 38.9 Å². The summed E-state index contributed by atoms with van der Waals surface area (Å²) in [4.78, 5) is 16.4. The number of amides is 1. The summed E-state index contributed by atoms with van der Waals surface area (Å²) in [5, 5.41) is 7.96. The zero-order valence-corrected chi connectivity index (χ0v) is 14.8. The molecule has 0 saturated heterocycles. The van der Waals surface area contributed by atoms with Crippen LogP contribution in [0.5, 0.6) is 0 Å². The number of benzene rings is 1. The van der Waals surface area contributed by atoms with Gasteiger partial charge < -0.3 is 15.6 Å². The van der Waals surface area contributed by atoms with Crippen LogP contribution in [0, 0.1) is 6.92 Å². The van der Waals surface area contributed by atoms with Crippen LogP contribution < -0.4 is 10.6 Å². The number of carbonyl (C=O) groups is 1. The highest BCUT2D eigenvalue weighted by Crippen LogP contribution is 2.52. The van der Waals surface area contributed by atoms with Gasteiger partial charge in [-0.2, -0.15) is 0 Å². The standard InChI is InChI=1S/C22H19N3O/c1-10-3-5-15-12(7-10)17-14-9-23-22(26)19(14)18-13-8-11(2)4-6-16(13)25-21(18)20(17)24-15/h3-7,21,24-25H,8-9H2,1-2H3,(H,23,26). The predicted molar refractivity (Wildman–Crippen MR) is 102 cm³/mol. The molecule has 4 heteroatoms. The molecule has 2 aromatic rings. The minimum Gasteiger partial charge on any atom is -0.373 e. The maximum atomic E-state index is 12.8. The van der Waals surface area contributed by atoms with Gasteiger partial charge in [0.2, 0.25) is 0 Å². The van der Waals surface area contributed by atoms with Crippen molar-refractivity contribution in [3.8, 4) is 0 Å². The summed E-state index contributed by atoms with van der Waals surface area (Å²) in [7, 11) is 0. The van der Waals surface area contributed by atoms with Crippen molar-refractivity contribution in [1.29, 1.82) is 0 Å². The quantitative estimate of drug-likeness (QED) is 0.686. The molecule has 26 heavy (non-hydrogen) atoms. The van der Waals surface area contributed by atoms with Crippen molar-refractivity contribution in [2.45, 2.75) is 26.3 Å². The Hall–Kier alpha value is -3.01. The van der Waals surface area contributed by atoms with Gasteiger partial charge in [0.25, 0.3) is 5.91 Å². The molecule has 0 saturated carbocycles. The molecule has 0 spiro atoms. The van der Waals surface area contributed by atoms with Crippen LogP contribution in [-0.2, 0) is 4.79 Å². The van der Waals surface area contributed by atoms with E-state index in [2.05, 4.69) is 59.8 Å². The lowest BCUT2D eigenvalue weighted by molar-refractivity contribution is -0.116. The fourth-order valence-electron chi connectivity index (χ4n) is 4.90. The molecule has 0 fully saturated rings. The van der Waals surface area contributed by atoms with Crippen LogP contribution in [0.25, 0.3) is 16.5 Å². The molecular formula is C22H19N3O. The van der Waals surface area contributed by atoms with Crippen LogP contribution in [-0.4, -0.2) is 17.4 Å². The van der Waals surface area contributed by atoms with Gasteiger partial charge in [-0.25, -0.2) is 0 Å². The zero-order chi connectivity index (χ0) is 17.6. The Morgan fingerprint density at radius 3 is 2.88 bits per heavy atom. The van der Waals surface area contributed by atoms with Crippen LogP contribution in [0.2, 0.25) is 0 Å². The molecule has 1 amide bonds. The number of fused-ring (bicyclic) bond motifs is 8. The van der Waals surface area contributed by atoms with Crippen LogP contribution in [0.4, 0.5) is 0 Å². The van der Waals surface area contributed by atoms with E-state index in [0.29, 0.717) is 6.54 Å². The molecule has 0 bridgehead atoms. The summed E-state index contributed by atoms with van der Waals surface area (Å²) < 4.78 is 0. The van der Waals surface area contributed by atoms with Gasteiger partial charge in [0.05, 0.1) is 17.3 Å². The molecule has 2 aliphatic heterocycles. The number of hydrogen-bond acceptors (Lipinski definition) is 2. The van der Waals surface area contributed by atoms with E-state index in [-0.39, 0.29) is 11.9 Å². The lowest BCUT2D eigenvalue weighted by atomic mass is 9.81.